The molecular weight excluding hydrogens is 279 g/mol. The Hall–Kier alpha value is -1.82. The molecule has 0 saturated heterocycles. The van der Waals surface area contributed by atoms with Gasteiger partial charge in [-0.25, -0.2) is 14.2 Å². The van der Waals surface area contributed by atoms with Crippen LogP contribution in [0.25, 0.3) is 0 Å². The third-order valence-corrected chi connectivity index (χ3v) is 3.91. The predicted octanol–water partition coefficient (Wildman–Crippen LogP) is 2.77. The molecule has 0 radical (unpaired) electrons. The van der Waals surface area contributed by atoms with Crippen LogP contribution in [-0.2, 0) is 9.53 Å². The van der Waals surface area contributed by atoms with Gasteiger partial charge < -0.3 is 10.5 Å². The molecule has 0 aliphatic carbocycles. The standard InChI is InChI=1S/C14H15FN2O2S/c1-3-19-13(18)11-8(2)17-14(16)20-12(11)9-4-6-10(15)7-5-9/h4-7,12H,3H2,1-2H3,(H2,16,17). The molecule has 0 bridgehead atoms. The minimum absolute atomic E-state index is 0.287. The third-order valence-electron chi connectivity index (χ3n) is 2.84. The molecule has 106 valence electrons. The summed E-state index contributed by atoms with van der Waals surface area (Å²) in [6.07, 6.45) is 0. The summed E-state index contributed by atoms with van der Waals surface area (Å²) in [5.74, 6) is -0.738. The zero-order chi connectivity index (χ0) is 14.7. The average molecular weight is 294 g/mol. The lowest BCUT2D eigenvalue weighted by Gasteiger charge is -2.23. The Morgan fingerprint density at radius 1 is 1.45 bits per heavy atom. The molecule has 6 heteroatoms. The molecule has 1 unspecified atom stereocenters. The van der Waals surface area contributed by atoms with Gasteiger partial charge in [-0.1, -0.05) is 23.9 Å². The molecule has 0 aromatic heterocycles. The minimum atomic E-state index is -0.414. The Balaban J connectivity index is 2.42. The van der Waals surface area contributed by atoms with Gasteiger partial charge in [-0.3, -0.25) is 0 Å². The van der Waals surface area contributed by atoms with E-state index in [0.717, 1.165) is 5.56 Å². The minimum Gasteiger partial charge on any atom is -0.463 e. The third kappa shape index (κ3) is 3.01. The first-order valence-corrected chi connectivity index (χ1v) is 7.05. The fourth-order valence-electron chi connectivity index (χ4n) is 1.96. The number of thioether (sulfide) groups is 1. The molecule has 2 rings (SSSR count). The SMILES string of the molecule is CCOC(=O)C1=C(C)N=C(N)SC1c1ccc(F)cc1. The number of allylic oxidation sites excluding steroid dienone is 1. The normalized spacial score (nSPS) is 18.8. The Kier molecular flexibility index (Phi) is 4.44. The van der Waals surface area contributed by atoms with Gasteiger partial charge in [0.15, 0.2) is 5.17 Å². The monoisotopic (exact) mass is 294 g/mol. The number of nitrogens with zero attached hydrogens (tertiary/aromatic N) is 1. The van der Waals surface area contributed by atoms with E-state index in [4.69, 9.17) is 10.5 Å². The lowest BCUT2D eigenvalue weighted by molar-refractivity contribution is -0.138. The number of nitrogens with two attached hydrogens (primary N) is 1. The summed E-state index contributed by atoms with van der Waals surface area (Å²) in [6.45, 7) is 3.75. The number of rotatable bonds is 3. The van der Waals surface area contributed by atoms with E-state index >= 15 is 0 Å². The van der Waals surface area contributed by atoms with Crippen molar-refractivity contribution in [3.63, 3.8) is 0 Å². The summed E-state index contributed by atoms with van der Waals surface area (Å²) >= 11 is 1.26. The van der Waals surface area contributed by atoms with Gasteiger partial charge in [0.25, 0.3) is 0 Å². The van der Waals surface area contributed by atoms with Crippen molar-refractivity contribution in [3.8, 4) is 0 Å². The number of hydrogen-bond acceptors (Lipinski definition) is 5. The zero-order valence-electron chi connectivity index (χ0n) is 11.2. The van der Waals surface area contributed by atoms with E-state index in [9.17, 15) is 9.18 Å². The summed E-state index contributed by atoms with van der Waals surface area (Å²) in [6, 6.07) is 5.99. The number of ether oxygens (including phenoxy) is 1. The van der Waals surface area contributed by atoms with Crippen LogP contribution >= 0.6 is 11.8 Å². The van der Waals surface area contributed by atoms with Crippen molar-refractivity contribution in [1.82, 2.24) is 0 Å². The predicted molar refractivity (Wildman–Crippen MR) is 77.7 cm³/mol. The quantitative estimate of drug-likeness (QED) is 0.871. The maximum atomic E-state index is 13.0. The molecule has 0 spiro atoms. The average Bonchev–Trinajstić information content (AvgIpc) is 2.38. The molecule has 1 heterocycles. The topological polar surface area (TPSA) is 64.7 Å². The van der Waals surface area contributed by atoms with Gasteiger partial charge in [-0.2, -0.15) is 0 Å². The summed E-state index contributed by atoms with van der Waals surface area (Å²) in [7, 11) is 0. The van der Waals surface area contributed by atoms with Gasteiger partial charge in [0.1, 0.15) is 5.82 Å². The molecule has 2 N–H and O–H groups in total. The number of hydrogen-bond donors (Lipinski definition) is 1. The number of halogens is 1. The Labute approximate surface area is 120 Å². The van der Waals surface area contributed by atoms with E-state index in [1.165, 1.54) is 23.9 Å². The Morgan fingerprint density at radius 3 is 2.70 bits per heavy atom. The number of carbonyl (C=O) groups excluding carboxylic acids is 1. The van der Waals surface area contributed by atoms with Gasteiger partial charge >= 0.3 is 5.97 Å². The Morgan fingerprint density at radius 2 is 2.10 bits per heavy atom. The molecule has 20 heavy (non-hydrogen) atoms. The molecule has 1 atom stereocenters. The van der Waals surface area contributed by atoms with Gasteiger partial charge in [0, 0.05) is 0 Å². The maximum Gasteiger partial charge on any atom is 0.337 e. The number of amidine groups is 1. The number of aliphatic imine (C=N–C) groups is 1. The number of benzene rings is 1. The van der Waals surface area contributed by atoms with Gasteiger partial charge in [0.05, 0.1) is 23.1 Å². The van der Waals surface area contributed by atoms with Crippen molar-refractivity contribution in [3.05, 3.63) is 46.9 Å². The molecule has 1 aliphatic heterocycles. The van der Waals surface area contributed by atoms with Crippen LogP contribution in [0.1, 0.15) is 24.7 Å². The second-order valence-corrected chi connectivity index (χ2v) is 5.34. The van der Waals surface area contributed by atoms with Crippen molar-refractivity contribution in [2.75, 3.05) is 6.61 Å². The fourth-order valence-corrected chi connectivity index (χ4v) is 3.07. The maximum absolute atomic E-state index is 13.0. The van der Waals surface area contributed by atoms with Gasteiger partial charge in [-0.05, 0) is 31.5 Å². The van der Waals surface area contributed by atoms with E-state index in [2.05, 4.69) is 4.99 Å². The summed E-state index contributed by atoms with van der Waals surface area (Å²) in [4.78, 5) is 16.2. The Bertz CT molecular complexity index is 581. The second-order valence-electron chi connectivity index (χ2n) is 4.22. The van der Waals surface area contributed by atoms with Crippen molar-refractivity contribution in [1.29, 1.82) is 0 Å². The van der Waals surface area contributed by atoms with Crippen LogP contribution in [0.3, 0.4) is 0 Å². The highest BCUT2D eigenvalue weighted by Gasteiger charge is 2.31. The molecule has 0 amide bonds. The van der Waals surface area contributed by atoms with E-state index in [1.54, 1.807) is 26.0 Å². The molecule has 4 nitrogen and oxygen atoms in total. The summed E-state index contributed by atoms with van der Waals surface area (Å²) in [5, 5.41) is 0.0528. The van der Waals surface area contributed by atoms with E-state index < -0.39 is 5.97 Å². The largest absolute Gasteiger partial charge is 0.463 e. The molecule has 0 saturated carbocycles. The molecule has 1 aromatic rings. The first-order chi connectivity index (χ1) is 9.52. The van der Waals surface area contributed by atoms with Crippen LogP contribution in [0.2, 0.25) is 0 Å². The van der Waals surface area contributed by atoms with Crippen molar-refractivity contribution in [2.24, 2.45) is 10.7 Å². The van der Waals surface area contributed by atoms with Crippen LogP contribution in [0.4, 0.5) is 4.39 Å². The van der Waals surface area contributed by atoms with Crippen LogP contribution in [-0.4, -0.2) is 17.7 Å². The van der Waals surface area contributed by atoms with Crippen molar-refractivity contribution in [2.45, 2.75) is 19.1 Å². The van der Waals surface area contributed by atoms with Crippen molar-refractivity contribution < 1.29 is 13.9 Å². The van der Waals surface area contributed by atoms with Crippen molar-refractivity contribution >= 4 is 22.9 Å². The molecule has 0 fully saturated rings. The summed E-state index contributed by atoms with van der Waals surface area (Å²) in [5.41, 5.74) is 7.55. The number of esters is 1. The van der Waals surface area contributed by atoms with E-state index in [-0.39, 0.29) is 17.7 Å². The molecular formula is C14H15FN2O2S. The van der Waals surface area contributed by atoms with Gasteiger partial charge in [0.2, 0.25) is 0 Å². The zero-order valence-corrected chi connectivity index (χ0v) is 12.0. The van der Waals surface area contributed by atoms with E-state index in [1.807, 2.05) is 0 Å². The first-order valence-electron chi connectivity index (χ1n) is 6.17. The molecule has 1 aliphatic rings. The first kappa shape index (κ1) is 14.6. The highest BCUT2D eigenvalue weighted by atomic mass is 32.2. The highest BCUT2D eigenvalue weighted by Crippen LogP contribution is 2.41. The lowest BCUT2D eigenvalue weighted by atomic mass is 10.0. The van der Waals surface area contributed by atoms with Crippen LogP contribution < -0.4 is 5.73 Å². The van der Waals surface area contributed by atoms with Crippen LogP contribution in [0.5, 0.6) is 0 Å². The fraction of sp³-hybridized carbons (Fsp3) is 0.286. The van der Waals surface area contributed by atoms with Gasteiger partial charge in [-0.15, -0.1) is 0 Å². The molecule has 1 aromatic carbocycles. The van der Waals surface area contributed by atoms with Crippen LogP contribution in [0, 0.1) is 5.82 Å². The second kappa shape index (κ2) is 6.09. The van der Waals surface area contributed by atoms with E-state index in [0.29, 0.717) is 16.4 Å². The lowest BCUT2D eigenvalue weighted by Crippen LogP contribution is -2.22. The highest BCUT2D eigenvalue weighted by molar-refractivity contribution is 8.14. The number of carbonyl (C=O) groups is 1. The smallest absolute Gasteiger partial charge is 0.337 e. The summed E-state index contributed by atoms with van der Waals surface area (Å²) < 4.78 is 18.1. The van der Waals surface area contributed by atoms with Crippen LogP contribution in [0.15, 0.2) is 40.5 Å².